The van der Waals surface area contributed by atoms with Gasteiger partial charge in [-0.15, -0.1) is 0 Å². The zero-order valence-electron chi connectivity index (χ0n) is 12.5. The number of rotatable bonds is 3. The Morgan fingerprint density at radius 3 is 2.87 bits per heavy atom. The highest BCUT2D eigenvalue weighted by atomic mass is 19.1. The van der Waals surface area contributed by atoms with Crippen LogP contribution >= 0.6 is 0 Å². The van der Waals surface area contributed by atoms with Crippen molar-refractivity contribution in [1.82, 2.24) is 20.2 Å². The molecule has 0 bridgehead atoms. The van der Waals surface area contributed by atoms with Crippen LogP contribution in [0.3, 0.4) is 0 Å². The molecule has 0 saturated heterocycles. The number of fused-ring (bicyclic) bond motifs is 1. The second-order valence-electron chi connectivity index (χ2n) is 5.68. The smallest absolute Gasteiger partial charge is 0.248 e. The van der Waals surface area contributed by atoms with E-state index in [1.165, 1.54) is 11.6 Å². The van der Waals surface area contributed by atoms with Gasteiger partial charge in [-0.3, -0.25) is 0 Å². The zero-order valence-corrected chi connectivity index (χ0v) is 12.5. The Morgan fingerprint density at radius 1 is 1.13 bits per heavy atom. The summed E-state index contributed by atoms with van der Waals surface area (Å²) in [6.45, 7) is 0. The summed E-state index contributed by atoms with van der Waals surface area (Å²) in [6.07, 6.45) is 2.97. The van der Waals surface area contributed by atoms with Gasteiger partial charge in [-0.1, -0.05) is 29.4 Å². The first kappa shape index (κ1) is 13.9. The molecule has 0 spiro atoms. The zero-order chi connectivity index (χ0) is 15.6. The number of halogens is 1. The topological polar surface area (TPSA) is 55.6 Å². The Hall–Kier alpha value is -2.76. The summed E-state index contributed by atoms with van der Waals surface area (Å²) < 4.78 is 15.3. The number of hydrogen-bond acceptors (Lipinski definition) is 4. The summed E-state index contributed by atoms with van der Waals surface area (Å²) in [5.74, 6) is 0.360. The lowest BCUT2D eigenvalue weighted by atomic mass is 9.87. The van der Waals surface area contributed by atoms with E-state index in [1.54, 1.807) is 10.7 Å². The van der Waals surface area contributed by atoms with Gasteiger partial charge in [-0.05, 0) is 65.1 Å². The maximum atomic E-state index is 13.6. The van der Waals surface area contributed by atoms with Crippen LogP contribution < -0.4 is 5.32 Å². The Kier molecular flexibility index (Phi) is 3.49. The highest BCUT2D eigenvalue weighted by Gasteiger charge is 2.22. The molecule has 1 heterocycles. The monoisotopic (exact) mass is 309 g/mol. The molecule has 4 rings (SSSR count). The number of aromatic nitrogens is 4. The van der Waals surface area contributed by atoms with Crippen LogP contribution in [-0.2, 0) is 6.42 Å². The molecular weight excluding hydrogens is 293 g/mol. The van der Waals surface area contributed by atoms with Crippen LogP contribution in [-0.4, -0.2) is 20.2 Å². The predicted octanol–water partition coefficient (Wildman–Crippen LogP) is 3.29. The van der Waals surface area contributed by atoms with Gasteiger partial charge < -0.3 is 5.32 Å². The lowest BCUT2D eigenvalue weighted by Gasteiger charge is -2.26. The van der Waals surface area contributed by atoms with Gasteiger partial charge in [0.1, 0.15) is 5.82 Å². The Labute approximate surface area is 133 Å². The van der Waals surface area contributed by atoms with Crippen molar-refractivity contribution >= 4 is 5.95 Å². The molecule has 116 valence electrons. The minimum absolute atomic E-state index is 0.0166. The van der Waals surface area contributed by atoms with Crippen LogP contribution in [0.25, 0.3) is 5.69 Å². The molecule has 1 N–H and O–H groups in total. The molecule has 0 fully saturated rings. The number of benzene rings is 2. The maximum absolute atomic E-state index is 13.6. The molecule has 1 atom stereocenters. The third-order valence-electron chi connectivity index (χ3n) is 4.20. The third kappa shape index (κ3) is 2.67. The fourth-order valence-electron chi connectivity index (χ4n) is 3.10. The Morgan fingerprint density at radius 2 is 2.00 bits per heavy atom. The number of para-hydroxylation sites is 1. The van der Waals surface area contributed by atoms with Gasteiger partial charge in [-0.25, -0.2) is 4.39 Å². The molecule has 0 amide bonds. The quantitative estimate of drug-likeness (QED) is 0.806. The first-order valence-corrected chi connectivity index (χ1v) is 7.70. The fourth-order valence-corrected chi connectivity index (χ4v) is 3.10. The van der Waals surface area contributed by atoms with Gasteiger partial charge in [0.15, 0.2) is 0 Å². The number of anilines is 1. The molecule has 1 unspecified atom stereocenters. The van der Waals surface area contributed by atoms with Crippen LogP contribution in [0.15, 0.2) is 48.5 Å². The number of aryl methyl sites for hydroxylation is 1. The van der Waals surface area contributed by atoms with Crippen molar-refractivity contribution in [2.45, 2.75) is 25.3 Å². The van der Waals surface area contributed by atoms with Crippen molar-refractivity contribution < 1.29 is 4.39 Å². The van der Waals surface area contributed by atoms with Crippen molar-refractivity contribution in [3.8, 4) is 5.69 Å². The second kappa shape index (κ2) is 5.79. The highest BCUT2D eigenvalue weighted by molar-refractivity contribution is 5.43. The molecule has 1 aromatic heterocycles. The van der Waals surface area contributed by atoms with Crippen LogP contribution in [0.2, 0.25) is 0 Å². The van der Waals surface area contributed by atoms with Crippen molar-refractivity contribution in [2.75, 3.05) is 5.32 Å². The van der Waals surface area contributed by atoms with E-state index in [-0.39, 0.29) is 11.9 Å². The van der Waals surface area contributed by atoms with E-state index >= 15 is 0 Å². The summed E-state index contributed by atoms with van der Waals surface area (Å²) in [6, 6.07) is 14.7. The Balaban J connectivity index is 1.66. The lowest BCUT2D eigenvalue weighted by molar-refractivity contribution is 0.576. The summed E-state index contributed by atoms with van der Waals surface area (Å²) in [7, 11) is 0. The molecular formula is C17H16FN5. The van der Waals surface area contributed by atoms with E-state index in [4.69, 9.17) is 0 Å². The molecule has 1 aliphatic carbocycles. The summed E-state index contributed by atoms with van der Waals surface area (Å²) in [5, 5.41) is 15.3. The average molecular weight is 309 g/mol. The van der Waals surface area contributed by atoms with Crippen molar-refractivity contribution in [2.24, 2.45) is 0 Å². The van der Waals surface area contributed by atoms with Crippen LogP contribution in [0.1, 0.15) is 30.0 Å². The normalized spacial score (nSPS) is 16.8. The van der Waals surface area contributed by atoms with E-state index in [2.05, 4.69) is 20.8 Å². The van der Waals surface area contributed by atoms with Gasteiger partial charge in [0.2, 0.25) is 5.95 Å². The summed E-state index contributed by atoms with van der Waals surface area (Å²) >= 11 is 0. The Bertz CT molecular complexity index is 815. The minimum Gasteiger partial charge on any atom is -0.346 e. The van der Waals surface area contributed by atoms with Gasteiger partial charge in [0.25, 0.3) is 0 Å². The third-order valence-corrected chi connectivity index (χ3v) is 4.20. The van der Waals surface area contributed by atoms with Gasteiger partial charge in [0.05, 0.1) is 11.7 Å². The lowest BCUT2D eigenvalue weighted by Crippen LogP contribution is -2.19. The van der Waals surface area contributed by atoms with E-state index in [9.17, 15) is 4.39 Å². The fraction of sp³-hybridized carbons (Fsp3) is 0.235. The average Bonchev–Trinajstić information content (AvgIpc) is 3.04. The SMILES string of the molecule is Fc1ccc2c(c1)C(Nc1nnnn1-c1ccccc1)CCC2. The molecule has 6 heteroatoms. The van der Waals surface area contributed by atoms with Gasteiger partial charge in [-0.2, -0.15) is 4.68 Å². The van der Waals surface area contributed by atoms with E-state index in [1.807, 2.05) is 36.4 Å². The van der Waals surface area contributed by atoms with E-state index < -0.39 is 0 Å². The van der Waals surface area contributed by atoms with Gasteiger partial charge >= 0.3 is 0 Å². The van der Waals surface area contributed by atoms with Crippen LogP contribution in [0.4, 0.5) is 10.3 Å². The first-order valence-electron chi connectivity index (χ1n) is 7.70. The maximum Gasteiger partial charge on any atom is 0.248 e. The van der Waals surface area contributed by atoms with Crippen LogP contribution in [0, 0.1) is 5.82 Å². The molecule has 3 aromatic rings. The van der Waals surface area contributed by atoms with E-state index in [0.717, 1.165) is 30.5 Å². The second-order valence-corrected chi connectivity index (χ2v) is 5.68. The standard InChI is InChI=1S/C17H16FN5/c18-13-10-9-12-5-4-8-16(15(12)11-13)19-17-20-21-22-23(17)14-6-2-1-3-7-14/h1-3,6-7,9-11,16H,4-5,8H2,(H,19,20,22). The molecule has 1 aliphatic rings. The molecule has 0 aliphatic heterocycles. The predicted molar refractivity (Wildman–Crippen MR) is 84.9 cm³/mol. The number of nitrogens with zero attached hydrogens (tertiary/aromatic N) is 4. The summed E-state index contributed by atoms with van der Waals surface area (Å²) in [5.41, 5.74) is 3.07. The number of nitrogens with one attached hydrogen (secondary N) is 1. The molecule has 0 saturated carbocycles. The van der Waals surface area contributed by atoms with Crippen molar-refractivity contribution in [3.05, 3.63) is 65.5 Å². The van der Waals surface area contributed by atoms with Crippen LogP contribution in [0.5, 0.6) is 0 Å². The largest absolute Gasteiger partial charge is 0.346 e. The molecule has 0 radical (unpaired) electrons. The van der Waals surface area contributed by atoms with Crippen molar-refractivity contribution in [1.29, 1.82) is 0 Å². The highest BCUT2D eigenvalue weighted by Crippen LogP contribution is 2.32. The first-order chi connectivity index (χ1) is 11.3. The number of tetrazole rings is 1. The molecule has 5 nitrogen and oxygen atoms in total. The molecule has 2 aromatic carbocycles. The number of hydrogen-bond donors (Lipinski definition) is 1. The van der Waals surface area contributed by atoms with Gasteiger partial charge in [0, 0.05) is 0 Å². The minimum atomic E-state index is -0.208. The summed E-state index contributed by atoms with van der Waals surface area (Å²) in [4.78, 5) is 0. The van der Waals surface area contributed by atoms with Crippen molar-refractivity contribution in [3.63, 3.8) is 0 Å². The van der Waals surface area contributed by atoms with E-state index in [0.29, 0.717) is 5.95 Å². The molecule has 23 heavy (non-hydrogen) atoms.